The summed E-state index contributed by atoms with van der Waals surface area (Å²) in [6.45, 7) is 1.79. The summed E-state index contributed by atoms with van der Waals surface area (Å²) in [5.74, 6) is -1.16. The molecular formula is C19H17ClN4O5. The van der Waals surface area contributed by atoms with Gasteiger partial charge in [-0.25, -0.2) is 4.79 Å². The van der Waals surface area contributed by atoms with Crippen molar-refractivity contribution in [2.75, 3.05) is 10.6 Å². The van der Waals surface area contributed by atoms with Crippen LogP contribution >= 0.6 is 11.6 Å². The van der Waals surface area contributed by atoms with Crippen LogP contribution in [0.15, 0.2) is 32.2 Å². The summed E-state index contributed by atoms with van der Waals surface area (Å²) in [6.07, 6.45) is -0.258. The molecule has 150 valence electrons. The van der Waals surface area contributed by atoms with Crippen molar-refractivity contribution in [1.29, 1.82) is 0 Å². The van der Waals surface area contributed by atoms with Crippen molar-refractivity contribution in [3.63, 3.8) is 0 Å². The maximum absolute atomic E-state index is 12.6. The number of rotatable bonds is 3. The molecule has 2 N–H and O–H groups in total. The molecule has 0 aliphatic carbocycles. The van der Waals surface area contributed by atoms with E-state index in [-0.39, 0.29) is 17.8 Å². The Morgan fingerprint density at radius 1 is 1.21 bits per heavy atom. The van der Waals surface area contributed by atoms with E-state index in [9.17, 15) is 19.2 Å². The summed E-state index contributed by atoms with van der Waals surface area (Å²) < 4.78 is 7.60. The predicted octanol–water partition coefficient (Wildman–Crippen LogP) is 1.86. The van der Waals surface area contributed by atoms with Crippen LogP contribution in [0.4, 0.5) is 11.5 Å². The molecule has 0 saturated carbocycles. The number of nitrogens with one attached hydrogen (secondary N) is 2. The van der Waals surface area contributed by atoms with E-state index in [1.807, 2.05) is 0 Å². The maximum Gasteiger partial charge on any atom is 0.332 e. The maximum atomic E-state index is 12.6. The van der Waals surface area contributed by atoms with Gasteiger partial charge in [-0.05, 0) is 25.1 Å². The number of carbonyl (C=O) groups is 2. The summed E-state index contributed by atoms with van der Waals surface area (Å²) in [7, 11) is 2.78. The molecule has 4 rings (SSSR count). The summed E-state index contributed by atoms with van der Waals surface area (Å²) >= 11 is 6.20. The highest BCUT2D eigenvalue weighted by Gasteiger charge is 2.37. The lowest BCUT2D eigenvalue weighted by molar-refractivity contribution is -0.122. The van der Waals surface area contributed by atoms with Crippen LogP contribution in [-0.4, -0.2) is 20.9 Å². The molecule has 1 aromatic carbocycles. The Hall–Kier alpha value is -3.33. The number of benzene rings is 1. The van der Waals surface area contributed by atoms with Crippen LogP contribution < -0.4 is 21.9 Å². The van der Waals surface area contributed by atoms with Gasteiger partial charge in [0.05, 0.1) is 16.5 Å². The number of anilines is 2. The lowest BCUT2D eigenvalue weighted by Gasteiger charge is -2.11. The Labute approximate surface area is 168 Å². The first kappa shape index (κ1) is 19.0. The van der Waals surface area contributed by atoms with E-state index in [2.05, 4.69) is 10.6 Å². The van der Waals surface area contributed by atoms with Crippen molar-refractivity contribution >= 4 is 45.9 Å². The molecule has 0 saturated heterocycles. The fourth-order valence-electron chi connectivity index (χ4n) is 3.57. The van der Waals surface area contributed by atoms with Crippen LogP contribution in [0.2, 0.25) is 5.02 Å². The molecule has 0 spiro atoms. The zero-order valence-corrected chi connectivity index (χ0v) is 16.6. The number of hydrogen-bond acceptors (Lipinski definition) is 5. The third-order valence-electron chi connectivity index (χ3n) is 4.97. The molecule has 0 radical (unpaired) electrons. The number of fused-ring (bicyclic) bond motifs is 2. The number of furan rings is 1. The van der Waals surface area contributed by atoms with E-state index in [1.165, 1.54) is 18.7 Å². The lowest BCUT2D eigenvalue weighted by Crippen LogP contribution is -2.39. The molecule has 3 aromatic rings. The van der Waals surface area contributed by atoms with Gasteiger partial charge in [0, 0.05) is 31.6 Å². The minimum Gasteiger partial charge on any atom is -0.460 e. The van der Waals surface area contributed by atoms with Crippen molar-refractivity contribution in [3.8, 4) is 0 Å². The van der Waals surface area contributed by atoms with Gasteiger partial charge in [0.1, 0.15) is 11.6 Å². The molecule has 9 nitrogen and oxygen atoms in total. The quantitative estimate of drug-likeness (QED) is 0.676. The van der Waals surface area contributed by atoms with Crippen LogP contribution in [0.25, 0.3) is 11.0 Å². The molecule has 1 aliphatic rings. The van der Waals surface area contributed by atoms with Gasteiger partial charge in [-0.1, -0.05) is 11.6 Å². The third-order valence-corrected chi connectivity index (χ3v) is 5.25. The van der Waals surface area contributed by atoms with Gasteiger partial charge in [-0.3, -0.25) is 23.5 Å². The number of amides is 2. The fourth-order valence-corrected chi connectivity index (χ4v) is 3.84. The number of hydrogen-bond donors (Lipinski definition) is 2. The Morgan fingerprint density at radius 3 is 2.66 bits per heavy atom. The average molecular weight is 417 g/mol. The molecule has 1 atom stereocenters. The second-order valence-corrected chi connectivity index (χ2v) is 7.40. The lowest BCUT2D eigenvalue weighted by atomic mass is 9.99. The minimum absolute atomic E-state index is 0.105. The van der Waals surface area contributed by atoms with Crippen molar-refractivity contribution in [2.45, 2.75) is 19.3 Å². The predicted molar refractivity (Wildman–Crippen MR) is 108 cm³/mol. The zero-order chi connectivity index (χ0) is 21.0. The second kappa shape index (κ2) is 6.63. The monoisotopic (exact) mass is 416 g/mol. The van der Waals surface area contributed by atoms with Crippen LogP contribution in [0.3, 0.4) is 0 Å². The molecule has 10 heteroatoms. The molecular weight excluding hydrogens is 400 g/mol. The van der Waals surface area contributed by atoms with E-state index in [4.69, 9.17) is 16.0 Å². The second-order valence-electron chi connectivity index (χ2n) is 7.00. The molecule has 1 aliphatic heterocycles. The van der Waals surface area contributed by atoms with Gasteiger partial charge in [0.15, 0.2) is 5.58 Å². The molecule has 0 fully saturated rings. The van der Waals surface area contributed by atoms with Gasteiger partial charge in [-0.15, -0.1) is 0 Å². The largest absolute Gasteiger partial charge is 0.460 e. The highest BCUT2D eigenvalue weighted by atomic mass is 35.5. The van der Waals surface area contributed by atoms with Crippen molar-refractivity contribution in [3.05, 3.63) is 55.4 Å². The van der Waals surface area contributed by atoms with Gasteiger partial charge >= 0.3 is 5.69 Å². The summed E-state index contributed by atoms with van der Waals surface area (Å²) in [5.41, 5.74) is -0.0836. The zero-order valence-electron chi connectivity index (χ0n) is 15.8. The van der Waals surface area contributed by atoms with E-state index in [1.54, 1.807) is 25.1 Å². The topological polar surface area (TPSA) is 115 Å². The Balaban J connectivity index is 1.63. The van der Waals surface area contributed by atoms with Crippen LogP contribution in [0.1, 0.15) is 23.7 Å². The first-order chi connectivity index (χ1) is 13.7. The first-order valence-electron chi connectivity index (χ1n) is 8.77. The number of aromatic nitrogens is 2. The summed E-state index contributed by atoms with van der Waals surface area (Å²) in [6, 6.07) is 5.05. The normalized spacial score (nSPS) is 15.4. The Kier molecular flexibility index (Phi) is 4.34. The Bertz CT molecular complexity index is 1320. The van der Waals surface area contributed by atoms with Gasteiger partial charge < -0.3 is 15.1 Å². The molecule has 1 unspecified atom stereocenters. The average Bonchev–Trinajstić information content (AvgIpc) is 3.18. The SMILES string of the molecule is Cc1cc2cc(NC(=O)CC3C(=O)Nc4c3c(=O)n(C)c(=O)n4C)cc(Cl)c2o1. The number of carbonyl (C=O) groups excluding carboxylic acids is 2. The highest BCUT2D eigenvalue weighted by molar-refractivity contribution is 6.35. The fraction of sp³-hybridized carbons (Fsp3) is 0.263. The van der Waals surface area contributed by atoms with Gasteiger partial charge in [0.2, 0.25) is 11.8 Å². The van der Waals surface area contributed by atoms with E-state index in [0.717, 1.165) is 9.95 Å². The Morgan fingerprint density at radius 2 is 1.93 bits per heavy atom. The van der Waals surface area contributed by atoms with Crippen molar-refractivity contribution in [2.24, 2.45) is 14.1 Å². The number of halogens is 1. The van der Waals surface area contributed by atoms with E-state index < -0.39 is 29.0 Å². The number of nitrogens with zero attached hydrogens (tertiary/aromatic N) is 2. The van der Waals surface area contributed by atoms with E-state index >= 15 is 0 Å². The molecule has 3 heterocycles. The smallest absolute Gasteiger partial charge is 0.332 e. The summed E-state index contributed by atoms with van der Waals surface area (Å²) in [4.78, 5) is 49.5. The standard InChI is InChI=1S/C19H17ClN4O5/c1-8-4-9-5-10(6-12(20)15(9)29-8)21-13(25)7-11-14-16(22-17(11)26)23(2)19(28)24(3)18(14)27/h4-6,11H,7H2,1-3H3,(H,21,25)(H,22,26). The minimum atomic E-state index is -0.995. The highest BCUT2D eigenvalue weighted by Crippen LogP contribution is 2.33. The summed E-state index contributed by atoms with van der Waals surface area (Å²) in [5, 5.41) is 6.31. The van der Waals surface area contributed by atoms with Crippen molar-refractivity contribution in [1.82, 2.24) is 9.13 Å². The third kappa shape index (κ3) is 3.03. The molecule has 29 heavy (non-hydrogen) atoms. The van der Waals surface area contributed by atoms with Gasteiger partial charge in [-0.2, -0.15) is 0 Å². The number of aryl methyl sites for hydroxylation is 1. The molecule has 2 amide bonds. The van der Waals surface area contributed by atoms with Crippen LogP contribution in [0.5, 0.6) is 0 Å². The van der Waals surface area contributed by atoms with Crippen molar-refractivity contribution < 1.29 is 14.0 Å². The van der Waals surface area contributed by atoms with Gasteiger partial charge in [0.25, 0.3) is 5.56 Å². The molecule has 2 aromatic heterocycles. The first-order valence-corrected chi connectivity index (χ1v) is 9.15. The van der Waals surface area contributed by atoms with Crippen LogP contribution in [-0.2, 0) is 23.7 Å². The van der Waals surface area contributed by atoms with Crippen LogP contribution in [0, 0.1) is 6.92 Å². The molecule has 0 bridgehead atoms. The van der Waals surface area contributed by atoms with E-state index in [0.29, 0.717) is 22.1 Å².